The van der Waals surface area contributed by atoms with Crippen LogP contribution in [-0.2, 0) is 17.8 Å². The quantitative estimate of drug-likeness (QED) is 0.262. The molecule has 8 heteroatoms. The Labute approximate surface area is 233 Å². The van der Waals surface area contributed by atoms with Crippen molar-refractivity contribution in [3.8, 4) is 6.07 Å². The Hall–Kier alpha value is -3.67. The molecular weight excluding hydrogens is 512 g/mol. The summed E-state index contributed by atoms with van der Waals surface area (Å²) in [6.45, 7) is 6.75. The fourth-order valence-corrected chi connectivity index (χ4v) is 5.99. The zero-order valence-corrected chi connectivity index (χ0v) is 23.4. The summed E-state index contributed by atoms with van der Waals surface area (Å²) < 4.78 is 2.10. The van der Waals surface area contributed by atoms with Crippen LogP contribution in [0.2, 0.25) is 0 Å². The van der Waals surface area contributed by atoms with Crippen LogP contribution in [0.15, 0.2) is 70.4 Å². The third-order valence-corrected chi connectivity index (χ3v) is 7.97. The lowest BCUT2D eigenvalue weighted by Gasteiger charge is -2.23. The molecule has 2 aromatic carbocycles. The SMILES string of the molecule is CCCn1c(NCCc2ccccc2)c(/C=C2/SC(=S)N(C(C)c3ccccc3)C2=O)c(C)c(C#N)c1=O. The molecule has 1 aromatic heterocycles. The second kappa shape index (κ2) is 12.2. The van der Waals surface area contributed by atoms with Crippen molar-refractivity contribution in [1.29, 1.82) is 5.26 Å². The molecule has 1 amide bonds. The Morgan fingerprint density at radius 3 is 2.39 bits per heavy atom. The molecule has 1 saturated heterocycles. The lowest BCUT2D eigenvalue weighted by atomic mass is 10.0. The van der Waals surface area contributed by atoms with Gasteiger partial charge in [-0.1, -0.05) is 91.6 Å². The minimum absolute atomic E-state index is 0.0893. The summed E-state index contributed by atoms with van der Waals surface area (Å²) in [5.41, 5.74) is 3.15. The number of rotatable bonds is 9. The number of benzene rings is 2. The number of carbonyl (C=O) groups excluding carboxylic acids is 1. The molecule has 6 nitrogen and oxygen atoms in total. The highest BCUT2D eigenvalue weighted by molar-refractivity contribution is 8.26. The van der Waals surface area contributed by atoms with Crippen molar-refractivity contribution < 1.29 is 4.79 Å². The first-order valence-electron chi connectivity index (χ1n) is 12.6. The molecule has 3 aromatic rings. The highest BCUT2D eigenvalue weighted by Gasteiger charge is 2.36. The van der Waals surface area contributed by atoms with E-state index < -0.39 is 0 Å². The first-order chi connectivity index (χ1) is 18.4. The zero-order valence-electron chi connectivity index (χ0n) is 21.7. The second-order valence-corrected chi connectivity index (χ2v) is 10.8. The fourth-order valence-electron chi connectivity index (χ4n) is 4.59. The Bertz CT molecular complexity index is 1470. The molecule has 1 unspecified atom stereocenters. The summed E-state index contributed by atoms with van der Waals surface area (Å²) in [4.78, 5) is 28.9. The van der Waals surface area contributed by atoms with E-state index in [0.29, 0.717) is 39.3 Å². The van der Waals surface area contributed by atoms with E-state index in [1.807, 2.05) is 62.4 Å². The van der Waals surface area contributed by atoms with Crippen LogP contribution in [0.25, 0.3) is 6.08 Å². The minimum atomic E-state index is -0.323. The summed E-state index contributed by atoms with van der Waals surface area (Å²) in [6, 6.07) is 21.7. The van der Waals surface area contributed by atoms with E-state index in [2.05, 4.69) is 23.5 Å². The number of thioether (sulfide) groups is 1. The van der Waals surface area contributed by atoms with E-state index in [0.717, 1.165) is 18.4 Å². The molecule has 38 heavy (non-hydrogen) atoms. The third-order valence-electron chi connectivity index (χ3n) is 6.64. The lowest BCUT2D eigenvalue weighted by molar-refractivity contribution is -0.123. The molecule has 2 heterocycles. The number of thiocarbonyl (C=S) groups is 1. The van der Waals surface area contributed by atoms with E-state index in [1.54, 1.807) is 22.5 Å². The predicted octanol–water partition coefficient (Wildman–Crippen LogP) is 6.06. The highest BCUT2D eigenvalue weighted by atomic mass is 32.2. The molecular formula is C30H30N4O2S2. The third kappa shape index (κ3) is 5.59. The average Bonchev–Trinajstić information content (AvgIpc) is 3.21. The van der Waals surface area contributed by atoms with Crippen molar-refractivity contribution in [1.82, 2.24) is 9.47 Å². The van der Waals surface area contributed by atoms with Gasteiger partial charge in [-0.15, -0.1) is 0 Å². The second-order valence-electron chi connectivity index (χ2n) is 9.13. The molecule has 194 valence electrons. The monoisotopic (exact) mass is 542 g/mol. The van der Waals surface area contributed by atoms with E-state index in [1.165, 1.54) is 17.3 Å². The van der Waals surface area contributed by atoms with Crippen LogP contribution in [0.3, 0.4) is 0 Å². The van der Waals surface area contributed by atoms with Crippen LogP contribution in [0.5, 0.6) is 0 Å². The topological polar surface area (TPSA) is 78.1 Å². The maximum atomic E-state index is 13.6. The lowest BCUT2D eigenvalue weighted by Crippen LogP contribution is -2.31. The Kier molecular flexibility index (Phi) is 8.82. The van der Waals surface area contributed by atoms with Crippen molar-refractivity contribution in [2.24, 2.45) is 0 Å². The molecule has 0 aliphatic carbocycles. The number of pyridine rings is 1. The van der Waals surface area contributed by atoms with Crippen molar-refractivity contribution in [2.45, 2.75) is 46.2 Å². The van der Waals surface area contributed by atoms with Gasteiger partial charge in [0.2, 0.25) is 0 Å². The van der Waals surface area contributed by atoms with Crippen LogP contribution in [0.4, 0.5) is 5.82 Å². The van der Waals surface area contributed by atoms with Gasteiger partial charge < -0.3 is 5.32 Å². The van der Waals surface area contributed by atoms with Crippen LogP contribution in [0.1, 0.15) is 54.1 Å². The van der Waals surface area contributed by atoms with Gasteiger partial charge in [0.1, 0.15) is 21.8 Å². The van der Waals surface area contributed by atoms with E-state index in [9.17, 15) is 14.9 Å². The fraction of sp³-hybridized carbons (Fsp3) is 0.267. The molecule has 0 bridgehead atoms. The maximum Gasteiger partial charge on any atom is 0.270 e. The van der Waals surface area contributed by atoms with Crippen LogP contribution < -0.4 is 10.9 Å². The number of nitrogens with one attached hydrogen (secondary N) is 1. The molecule has 4 rings (SSSR count). The van der Waals surface area contributed by atoms with E-state index in [4.69, 9.17) is 12.2 Å². The molecule has 1 atom stereocenters. The number of nitriles is 1. The van der Waals surface area contributed by atoms with E-state index in [-0.39, 0.29) is 23.1 Å². The summed E-state index contributed by atoms with van der Waals surface area (Å²) >= 11 is 6.86. The number of anilines is 1. The van der Waals surface area contributed by atoms with Gasteiger partial charge in [0.25, 0.3) is 11.5 Å². The number of amides is 1. The number of carbonyl (C=O) groups is 1. The molecule has 1 fully saturated rings. The molecule has 0 saturated carbocycles. The number of nitrogens with zero attached hydrogens (tertiary/aromatic N) is 3. The largest absolute Gasteiger partial charge is 0.371 e. The maximum absolute atomic E-state index is 13.6. The Balaban J connectivity index is 1.75. The Morgan fingerprint density at radius 2 is 1.76 bits per heavy atom. The van der Waals surface area contributed by atoms with Gasteiger partial charge in [-0.25, -0.2) is 0 Å². The highest BCUT2D eigenvalue weighted by Crippen LogP contribution is 2.39. The van der Waals surface area contributed by atoms with E-state index >= 15 is 0 Å². The minimum Gasteiger partial charge on any atom is -0.371 e. The van der Waals surface area contributed by atoms with Crippen LogP contribution >= 0.6 is 24.0 Å². The molecule has 1 aliphatic rings. The van der Waals surface area contributed by atoms with Gasteiger partial charge in [0, 0.05) is 18.7 Å². The number of aromatic nitrogens is 1. The first kappa shape index (κ1) is 27.4. The Morgan fingerprint density at radius 1 is 1.11 bits per heavy atom. The van der Waals surface area contributed by atoms with Crippen molar-refractivity contribution >= 4 is 46.1 Å². The van der Waals surface area contributed by atoms with Gasteiger partial charge in [-0.3, -0.25) is 19.1 Å². The standard InChI is InChI=1S/C30H30N4O2S2/c1-4-17-33-27(32-16-15-22-11-7-5-8-12-22)24(20(2)25(19-31)28(33)35)18-26-29(36)34(30(37)38-26)21(3)23-13-9-6-10-14-23/h5-14,18,21,32H,4,15-17H2,1-3H3/b26-18+. The average molecular weight is 543 g/mol. The molecule has 0 spiro atoms. The van der Waals surface area contributed by atoms with Crippen molar-refractivity contribution in [2.75, 3.05) is 11.9 Å². The smallest absolute Gasteiger partial charge is 0.270 e. The normalized spacial score (nSPS) is 15.1. The zero-order chi connectivity index (χ0) is 27.2. The van der Waals surface area contributed by atoms with Gasteiger partial charge in [0.05, 0.1) is 10.9 Å². The molecule has 1 aliphatic heterocycles. The summed E-state index contributed by atoms with van der Waals surface area (Å²) in [7, 11) is 0. The van der Waals surface area contributed by atoms with Crippen LogP contribution in [0, 0.1) is 18.3 Å². The number of hydrogen-bond acceptors (Lipinski definition) is 6. The first-order valence-corrected chi connectivity index (χ1v) is 13.9. The molecule has 0 radical (unpaired) electrons. The van der Waals surface area contributed by atoms with Gasteiger partial charge in [-0.2, -0.15) is 5.26 Å². The van der Waals surface area contributed by atoms with Crippen LogP contribution in [-0.4, -0.2) is 26.2 Å². The van der Waals surface area contributed by atoms with Gasteiger partial charge in [0.15, 0.2) is 0 Å². The predicted molar refractivity (Wildman–Crippen MR) is 159 cm³/mol. The van der Waals surface area contributed by atoms with Gasteiger partial charge >= 0.3 is 0 Å². The van der Waals surface area contributed by atoms with Crippen molar-refractivity contribution in [3.05, 3.63) is 104 Å². The summed E-state index contributed by atoms with van der Waals surface area (Å²) in [5.74, 6) is 0.434. The number of hydrogen-bond donors (Lipinski definition) is 1. The molecule has 1 N–H and O–H groups in total. The van der Waals surface area contributed by atoms with Crippen molar-refractivity contribution in [3.63, 3.8) is 0 Å². The van der Waals surface area contributed by atoms with Gasteiger partial charge in [-0.05, 0) is 49.5 Å². The summed E-state index contributed by atoms with van der Waals surface area (Å²) in [6.07, 6.45) is 3.26. The summed E-state index contributed by atoms with van der Waals surface area (Å²) in [5, 5.41) is 13.3.